The third kappa shape index (κ3) is 4.59. The summed E-state index contributed by atoms with van der Waals surface area (Å²) in [5, 5.41) is 25.1. The first-order chi connectivity index (χ1) is 16.0. The van der Waals surface area contributed by atoms with Crippen molar-refractivity contribution in [1.29, 1.82) is 5.26 Å². The van der Waals surface area contributed by atoms with Crippen molar-refractivity contribution in [1.82, 2.24) is 0 Å². The zero-order chi connectivity index (χ0) is 23.3. The van der Waals surface area contributed by atoms with Gasteiger partial charge in [-0.1, -0.05) is 96.0 Å². The van der Waals surface area contributed by atoms with Crippen molar-refractivity contribution in [3.8, 4) is 6.07 Å². The van der Waals surface area contributed by atoms with E-state index in [1.54, 1.807) is 0 Å². The maximum atomic E-state index is 11.4. The van der Waals surface area contributed by atoms with Gasteiger partial charge in [-0.25, -0.2) is 0 Å². The molecule has 4 aromatic rings. The number of halogens is 1. The Morgan fingerprint density at radius 3 is 1.52 bits per heavy atom. The zero-order valence-corrected chi connectivity index (χ0v) is 20.1. The molecule has 0 heterocycles. The Labute approximate surface area is 201 Å². The summed E-state index contributed by atoms with van der Waals surface area (Å²) in [6.45, 7) is 1.99. The van der Waals surface area contributed by atoms with Crippen LogP contribution in [-0.4, -0.2) is 16.1 Å². The minimum atomic E-state index is -2.39. The Kier molecular flexibility index (Phi) is 6.96. The fourth-order valence-electron chi connectivity index (χ4n) is 4.31. The van der Waals surface area contributed by atoms with Crippen molar-refractivity contribution in [2.24, 2.45) is 0 Å². The van der Waals surface area contributed by atoms with Crippen LogP contribution in [-0.2, 0) is 0 Å². The number of nitriles is 1. The summed E-state index contributed by atoms with van der Waals surface area (Å²) in [6.07, 6.45) is -0.842. The molecule has 0 aliphatic heterocycles. The Bertz CT molecular complexity index is 1130. The maximum Gasteiger partial charge on any atom is 0.194 e. The summed E-state index contributed by atoms with van der Waals surface area (Å²) in [6, 6.07) is 40.6. The number of rotatable bonds is 7. The van der Waals surface area contributed by atoms with Gasteiger partial charge in [-0.2, -0.15) is 5.26 Å². The fraction of sp³-hybridized carbons (Fsp3) is 0.138. The van der Waals surface area contributed by atoms with Gasteiger partial charge in [-0.15, -0.1) is 0 Å². The molecule has 0 spiro atoms. The smallest absolute Gasteiger partial charge is 0.194 e. The summed E-state index contributed by atoms with van der Waals surface area (Å²) in [4.78, 5) is -1.52. The molecule has 0 saturated carbocycles. The molecule has 0 radical (unpaired) electrons. The van der Waals surface area contributed by atoms with Crippen molar-refractivity contribution in [3.05, 3.63) is 126 Å². The standard InChI is InChI=1S/C29H26ClNOP/c1-23-17-19-24(20-18-23)28(32)29(30,21-31)22-33(25-11-5-2-6-12-25,26-13-7-3-8-14-26)27-15-9-4-10-16-27/h2-20,28,32H,22H2,1H3/q+1. The second kappa shape index (κ2) is 9.90. The van der Waals surface area contributed by atoms with E-state index in [0.29, 0.717) is 11.7 Å². The number of benzene rings is 4. The molecule has 0 aliphatic carbocycles. The third-order valence-corrected chi connectivity index (χ3v) is 11.2. The van der Waals surface area contributed by atoms with E-state index >= 15 is 0 Å². The predicted octanol–water partition coefficient (Wildman–Crippen LogP) is 5.52. The lowest BCUT2D eigenvalue weighted by molar-refractivity contribution is 0.156. The SMILES string of the molecule is Cc1ccc(C(O)C(Cl)(C#N)C[P+](c2ccccc2)(c2ccccc2)c2ccccc2)cc1. The number of aryl methyl sites for hydroxylation is 1. The van der Waals surface area contributed by atoms with Crippen LogP contribution >= 0.6 is 18.9 Å². The Morgan fingerprint density at radius 1 is 0.758 bits per heavy atom. The molecule has 0 aromatic heterocycles. The number of hydrogen-bond donors (Lipinski definition) is 1. The highest BCUT2D eigenvalue weighted by atomic mass is 35.5. The lowest BCUT2D eigenvalue weighted by Gasteiger charge is -2.34. The van der Waals surface area contributed by atoms with Crippen LogP contribution in [0.4, 0.5) is 0 Å². The molecule has 2 nitrogen and oxygen atoms in total. The molecule has 4 heteroatoms. The quantitative estimate of drug-likeness (QED) is 0.285. The van der Waals surface area contributed by atoms with Crippen LogP contribution in [0.5, 0.6) is 0 Å². The first-order valence-corrected chi connectivity index (χ1v) is 13.2. The van der Waals surface area contributed by atoms with Crippen molar-refractivity contribution in [2.45, 2.75) is 17.9 Å². The van der Waals surface area contributed by atoms with Crippen molar-refractivity contribution < 1.29 is 5.11 Å². The number of nitrogens with zero attached hydrogens (tertiary/aromatic N) is 1. The van der Waals surface area contributed by atoms with Crippen LogP contribution in [0.15, 0.2) is 115 Å². The molecule has 33 heavy (non-hydrogen) atoms. The average molecular weight is 471 g/mol. The van der Waals surface area contributed by atoms with E-state index < -0.39 is 18.2 Å². The van der Waals surface area contributed by atoms with Crippen LogP contribution < -0.4 is 15.9 Å². The first-order valence-electron chi connectivity index (χ1n) is 10.9. The molecule has 0 fully saturated rings. The molecule has 0 bridgehead atoms. The molecular weight excluding hydrogens is 445 g/mol. The summed E-state index contributed by atoms with van der Waals surface area (Å²) < 4.78 is 0. The zero-order valence-electron chi connectivity index (χ0n) is 18.5. The Morgan fingerprint density at radius 2 is 1.15 bits per heavy atom. The van der Waals surface area contributed by atoms with Crippen molar-refractivity contribution >= 4 is 34.8 Å². The third-order valence-electron chi connectivity index (χ3n) is 6.07. The fourth-order valence-corrected chi connectivity index (χ4v) is 9.39. The van der Waals surface area contributed by atoms with Gasteiger partial charge in [0.2, 0.25) is 0 Å². The highest BCUT2D eigenvalue weighted by Gasteiger charge is 2.54. The van der Waals surface area contributed by atoms with E-state index in [1.807, 2.05) is 85.8 Å². The van der Waals surface area contributed by atoms with Gasteiger partial charge in [0, 0.05) is 0 Å². The molecule has 4 aromatic carbocycles. The second-order valence-corrected chi connectivity index (χ2v) is 12.4. The van der Waals surface area contributed by atoms with E-state index in [4.69, 9.17) is 11.6 Å². The van der Waals surface area contributed by atoms with Crippen molar-refractivity contribution in [3.63, 3.8) is 0 Å². The van der Waals surface area contributed by atoms with Gasteiger partial charge in [0.25, 0.3) is 0 Å². The van der Waals surface area contributed by atoms with Gasteiger partial charge in [-0.05, 0) is 48.9 Å². The van der Waals surface area contributed by atoms with E-state index in [9.17, 15) is 10.4 Å². The molecule has 4 rings (SSSR count). The normalized spacial score (nSPS) is 14.1. The first kappa shape index (κ1) is 23.2. The second-order valence-electron chi connectivity index (χ2n) is 8.26. The number of aliphatic hydroxyl groups excluding tert-OH is 1. The van der Waals surface area contributed by atoms with Gasteiger partial charge in [0.1, 0.15) is 35.4 Å². The van der Waals surface area contributed by atoms with Crippen LogP contribution in [0.3, 0.4) is 0 Å². The van der Waals surface area contributed by atoms with Gasteiger partial charge < -0.3 is 5.11 Å². The van der Waals surface area contributed by atoms with Gasteiger partial charge in [-0.3, -0.25) is 0 Å². The van der Waals surface area contributed by atoms with Crippen LogP contribution in [0.2, 0.25) is 0 Å². The summed E-state index contributed by atoms with van der Waals surface area (Å²) >= 11 is 7.10. The maximum absolute atomic E-state index is 11.4. The minimum Gasteiger partial charge on any atom is -0.385 e. The molecule has 2 atom stereocenters. The molecule has 0 aliphatic rings. The van der Waals surface area contributed by atoms with Crippen LogP contribution in [0, 0.1) is 18.3 Å². The summed E-state index contributed by atoms with van der Waals surface area (Å²) in [5.41, 5.74) is 1.73. The lowest BCUT2D eigenvalue weighted by atomic mass is 9.97. The van der Waals surface area contributed by atoms with E-state index in [1.165, 1.54) is 0 Å². The minimum absolute atomic E-state index is 0.297. The molecule has 2 unspecified atom stereocenters. The largest absolute Gasteiger partial charge is 0.385 e. The molecule has 0 amide bonds. The average Bonchev–Trinajstić information content (AvgIpc) is 2.89. The van der Waals surface area contributed by atoms with Crippen molar-refractivity contribution in [2.75, 3.05) is 6.16 Å². The predicted molar refractivity (Wildman–Crippen MR) is 140 cm³/mol. The van der Waals surface area contributed by atoms with Gasteiger partial charge >= 0.3 is 0 Å². The highest BCUT2D eigenvalue weighted by molar-refractivity contribution is 7.95. The molecule has 164 valence electrons. The highest BCUT2D eigenvalue weighted by Crippen LogP contribution is 2.59. The molecular formula is C29H26ClNOP+. The van der Waals surface area contributed by atoms with Crippen LogP contribution in [0.1, 0.15) is 17.2 Å². The topological polar surface area (TPSA) is 44.0 Å². The van der Waals surface area contributed by atoms with E-state index in [-0.39, 0.29) is 0 Å². The lowest BCUT2D eigenvalue weighted by Crippen LogP contribution is -2.43. The van der Waals surface area contributed by atoms with Gasteiger partial charge in [0.15, 0.2) is 4.87 Å². The van der Waals surface area contributed by atoms with E-state index in [0.717, 1.165) is 21.5 Å². The Balaban J connectivity index is 1.94. The number of hydrogen-bond acceptors (Lipinski definition) is 2. The van der Waals surface area contributed by atoms with Crippen LogP contribution in [0.25, 0.3) is 0 Å². The molecule has 0 saturated heterocycles. The number of aliphatic hydroxyl groups is 1. The van der Waals surface area contributed by atoms with E-state index in [2.05, 4.69) is 42.5 Å². The van der Waals surface area contributed by atoms with Gasteiger partial charge in [0.05, 0.1) is 6.07 Å². The summed E-state index contributed by atoms with van der Waals surface area (Å²) in [5.74, 6) is 0. The Hall–Kier alpha value is -2.95. The molecule has 1 N–H and O–H groups in total. The monoisotopic (exact) mass is 470 g/mol. The summed E-state index contributed by atoms with van der Waals surface area (Å²) in [7, 11) is -2.39. The number of alkyl halides is 1.